The van der Waals surface area contributed by atoms with Crippen LogP contribution < -0.4 is 11.1 Å². The van der Waals surface area contributed by atoms with Gasteiger partial charge in [-0.2, -0.15) is 0 Å². The molecule has 0 spiro atoms. The molecule has 4 nitrogen and oxygen atoms in total. The van der Waals surface area contributed by atoms with Gasteiger partial charge in [0.25, 0.3) is 0 Å². The summed E-state index contributed by atoms with van der Waals surface area (Å²) in [5.41, 5.74) is 5.68. The fraction of sp³-hybridized carbons (Fsp3) is 0.923. The molecule has 1 rings (SSSR count). The molecule has 17 heavy (non-hydrogen) atoms. The molecular formula is C13H26N2O2. The molecule has 100 valence electrons. The highest BCUT2D eigenvalue weighted by atomic mass is 16.6. The van der Waals surface area contributed by atoms with Gasteiger partial charge in [-0.25, -0.2) is 4.79 Å². The van der Waals surface area contributed by atoms with Crippen molar-refractivity contribution in [1.29, 1.82) is 0 Å². The summed E-state index contributed by atoms with van der Waals surface area (Å²) in [4.78, 5) is 11.6. The van der Waals surface area contributed by atoms with Gasteiger partial charge in [-0.3, -0.25) is 0 Å². The number of hydrogen-bond acceptors (Lipinski definition) is 3. The van der Waals surface area contributed by atoms with Crippen molar-refractivity contribution in [3.8, 4) is 0 Å². The van der Waals surface area contributed by atoms with Crippen molar-refractivity contribution in [1.82, 2.24) is 5.32 Å². The molecule has 0 heterocycles. The van der Waals surface area contributed by atoms with Crippen molar-refractivity contribution in [2.45, 2.75) is 65.0 Å². The topological polar surface area (TPSA) is 64.3 Å². The number of rotatable bonds is 3. The zero-order valence-corrected chi connectivity index (χ0v) is 11.5. The molecule has 1 unspecified atom stereocenters. The Balaban J connectivity index is 2.45. The highest BCUT2D eigenvalue weighted by Gasteiger charge is 2.37. The number of ether oxygens (including phenoxy) is 1. The van der Waals surface area contributed by atoms with E-state index in [0.717, 1.165) is 12.8 Å². The van der Waals surface area contributed by atoms with Crippen LogP contribution in [0, 0.1) is 5.41 Å². The summed E-state index contributed by atoms with van der Waals surface area (Å²) in [5.74, 6) is 0. The second-order valence-electron chi connectivity index (χ2n) is 6.21. The van der Waals surface area contributed by atoms with Crippen LogP contribution in [0.3, 0.4) is 0 Å². The lowest BCUT2D eigenvalue weighted by atomic mass is 9.80. The lowest BCUT2D eigenvalue weighted by molar-refractivity contribution is 0.0493. The van der Waals surface area contributed by atoms with Gasteiger partial charge in [0, 0.05) is 18.0 Å². The van der Waals surface area contributed by atoms with E-state index in [2.05, 4.69) is 5.32 Å². The van der Waals surface area contributed by atoms with E-state index in [-0.39, 0.29) is 17.6 Å². The van der Waals surface area contributed by atoms with Crippen LogP contribution in [0.2, 0.25) is 0 Å². The lowest BCUT2D eigenvalue weighted by Crippen LogP contribution is -2.47. The quantitative estimate of drug-likeness (QED) is 0.799. The minimum absolute atomic E-state index is 0.0664. The van der Waals surface area contributed by atoms with Gasteiger partial charge < -0.3 is 15.8 Å². The minimum Gasteiger partial charge on any atom is -0.444 e. The average Bonchev–Trinajstić information content (AvgIpc) is 2.61. The predicted octanol–water partition coefficient (Wildman–Crippen LogP) is 2.42. The second-order valence-corrected chi connectivity index (χ2v) is 6.21. The number of carbonyl (C=O) groups excluding carboxylic acids is 1. The van der Waals surface area contributed by atoms with E-state index in [9.17, 15) is 4.79 Å². The van der Waals surface area contributed by atoms with Crippen molar-refractivity contribution in [3.05, 3.63) is 0 Å². The number of nitrogens with two attached hydrogens (primary N) is 1. The van der Waals surface area contributed by atoms with E-state index in [0.29, 0.717) is 6.54 Å². The van der Waals surface area contributed by atoms with Gasteiger partial charge >= 0.3 is 6.09 Å². The molecule has 0 saturated heterocycles. The summed E-state index contributed by atoms with van der Waals surface area (Å²) in [5, 5.41) is 2.86. The monoisotopic (exact) mass is 242 g/mol. The molecule has 0 aromatic heterocycles. The van der Waals surface area contributed by atoms with Gasteiger partial charge in [0.15, 0.2) is 0 Å². The van der Waals surface area contributed by atoms with E-state index in [1.54, 1.807) is 0 Å². The van der Waals surface area contributed by atoms with Crippen LogP contribution in [-0.2, 0) is 4.74 Å². The lowest BCUT2D eigenvalue weighted by Gasteiger charge is -2.33. The third-order valence-electron chi connectivity index (χ3n) is 3.55. The highest BCUT2D eigenvalue weighted by molar-refractivity contribution is 5.67. The Morgan fingerprint density at radius 3 is 2.35 bits per heavy atom. The molecule has 0 aromatic rings. The standard InChI is InChI=1S/C13H26N2O2/c1-10(14)13(7-5-6-8-13)9-15-11(16)17-12(2,3)4/h10H,5-9,14H2,1-4H3,(H,15,16). The van der Waals surface area contributed by atoms with Crippen LogP contribution >= 0.6 is 0 Å². The maximum absolute atomic E-state index is 11.6. The van der Waals surface area contributed by atoms with E-state index in [1.165, 1.54) is 12.8 Å². The fourth-order valence-corrected chi connectivity index (χ4v) is 2.43. The van der Waals surface area contributed by atoms with Gasteiger partial charge in [-0.05, 0) is 40.5 Å². The molecule has 1 aliphatic rings. The van der Waals surface area contributed by atoms with E-state index >= 15 is 0 Å². The maximum atomic E-state index is 11.6. The molecule has 3 N–H and O–H groups in total. The SMILES string of the molecule is CC(N)C1(CNC(=O)OC(C)(C)C)CCCC1. The Hall–Kier alpha value is -0.770. The van der Waals surface area contributed by atoms with Crippen molar-refractivity contribution in [2.24, 2.45) is 11.1 Å². The maximum Gasteiger partial charge on any atom is 0.407 e. The second kappa shape index (κ2) is 5.25. The zero-order chi connectivity index (χ0) is 13.1. The van der Waals surface area contributed by atoms with Crippen molar-refractivity contribution < 1.29 is 9.53 Å². The van der Waals surface area contributed by atoms with Crippen molar-refractivity contribution in [2.75, 3.05) is 6.54 Å². The Morgan fingerprint density at radius 2 is 1.94 bits per heavy atom. The van der Waals surface area contributed by atoms with Crippen molar-refractivity contribution in [3.63, 3.8) is 0 Å². The average molecular weight is 242 g/mol. The summed E-state index contributed by atoms with van der Waals surface area (Å²) in [6.07, 6.45) is 4.26. The zero-order valence-electron chi connectivity index (χ0n) is 11.5. The van der Waals surface area contributed by atoms with Crippen LogP contribution in [0.25, 0.3) is 0 Å². The molecule has 0 aromatic carbocycles. The molecule has 0 aliphatic heterocycles. The van der Waals surface area contributed by atoms with Crippen LogP contribution in [0.15, 0.2) is 0 Å². The number of amides is 1. The first kappa shape index (κ1) is 14.3. The third kappa shape index (κ3) is 4.19. The number of hydrogen-bond donors (Lipinski definition) is 2. The first-order valence-corrected chi connectivity index (χ1v) is 6.48. The molecule has 1 amide bonds. The molecule has 1 atom stereocenters. The van der Waals surface area contributed by atoms with Gasteiger partial charge in [-0.15, -0.1) is 0 Å². The Morgan fingerprint density at radius 1 is 1.41 bits per heavy atom. The van der Waals surface area contributed by atoms with Crippen LogP contribution in [0.4, 0.5) is 4.79 Å². The number of alkyl carbamates (subject to hydrolysis) is 1. The minimum atomic E-state index is -0.443. The van der Waals surface area contributed by atoms with E-state index in [1.807, 2.05) is 27.7 Å². The van der Waals surface area contributed by atoms with Gasteiger partial charge in [-0.1, -0.05) is 12.8 Å². The molecular weight excluding hydrogens is 216 g/mol. The third-order valence-corrected chi connectivity index (χ3v) is 3.55. The summed E-state index contributed by atoms with van der Waals surface area (Å²) in [6.45, 7) is 8.25. The number of carbonyl (C=O) groups is 1. The first-order chi connectivity index (χ1) is 7.75. The highest BCUT2D eigenvalue weighted by Crippen LogP contribution is 2.39. The molecule has 1 fully saturated rings. The summed E-state index contributed by atoms with van der Waals surface area (Å²) < 4.78 is 5.23. The summed E-state index contributed by atoms with van der Waals surface area (Å²) in [6, 6.07) is 0.111. The smallest absolute Gasteiger partial charge is 0.407 e. The van der Waals surface area contributed by atoms with Crippen LogP contribution in [0.5, 0.6) is 0 Å². The Labute approximate surface area is 104 Å². The molecule has 1 saturated carbocycles. The van der Waals surface area contributed by atoms with Crippen LogP contribution in [0.1, 0.15) is 53.4 Å². The normalized spacial score (nSPS) is 21.0. The van der Waals surface area contributed by atoms with Gasteiger partial charge in [0.05, 0.1) is 0 Å². The summed E-state index contributed by atoms with van der Waals surface area (Å²) in [7, 11) is 0. The molecule has 0 radical (unpaired) electrons. The van der Waals surface area contributed by atoms with E-state index < -0.39 is 5.60 Å². The van der Waals surface area contributed by atoms with Crippen molar-refractivity contribution >= 4 is 6.09 Å². The first-order valence-electron chi connectivity index (χ1n) is 6.48. The largest absolute Gasteiger partial charge is 0.444 e. The number of nitrogens with one attached hydrogen (secondary N) is 1. The fourth-order valence-electron chi connectivity index (χ4n) is 2.43. The van der Waals surface area contributed by atoms with Gasteiger partial charge in [0.2, 0.25) is 0 Å². The molecule has 0 bridgehead atoms. The predicted molar refractivity (Wildman–Crippen MR) is 68.8 cm³/mol. The Bertz CT molecular complexity index is 263. The molecule has 4 heteroatoms. The van der Waals surface area contributed by atoms with Crippen LogP contribution in [-0.4, -0.2) is 24.3 Å². The summed E-state index contributed by atoms with van der Waals surface area (Å²) >= 11 is 0. The van der Waals surface area contributed by atoms with Gasteiger partial charge in [0.1, 0.15) is 5.60 Å². The van der Waals surface area contributed by atoms with E-state index in [4.69, 9.17) is 10.5 Å². The Kier molecular flexibility index (Phi) is 4.42. The molecule has 1 aliphatic carbocycles.